The Balaban J connectivity index is 0.000000281. The Morgan fingerprint density at radius 2 is 1.91 bits per heavy atom. The molecule has 0 atom stereocenters. The first-order chi connectivity index (χ1) is 5.33. The van der Waals surface area contributed by atoms with Gasteiger partial charge in [-0.1, -0.05) is 13.8 Å². The van der Waals surface area contributed by atoms with Crippen molar-refractivity contribution in [1.82, 2.24) is 4.90 Å². The average molecular weight is 157 g/mol. The molecule has 66 valence electrons. The molecule has 11 heavy (non-hydrogen) atoms. The van der Waals surface area contributed by atoms with Crippen molar-refractivity contribution >= 4 is 0 Å². The normalized spacial score (nSPS) is 27.5. The van der Waals surface area contributed by atoms with Gasteiger partial charge in [0.15, 0.2) is 0 Å². The molecule has 0 radical (unpaired) electrons. The summed E-state index contributed by atoms with van der Waals surface area (Å²) in [4.78, 5) is 2.44. The van der Waals surface area contributed by atoms with Crippen LogP contribution in [0.4, 0.5) is 0 Å². The van der Waals surface area contributed by atoms with Gasteiger partial charge in [-0.15, -0.1) is 0 Å². The van der Waals surface area contributed by atoms with Crippen LogP contribution >= 0.6 is 0 Å². The molecule has 0 bridgehead atoms. The van der Waals surface area contributed by atoms with Crippen molar-refractivity contribution in [3.8, 4) is 0 Å². The number of hydrogen-bond donors (Lipinski definition) is 0. The Morgan fingerprint density at radius 1 is 1.27 bits per heavy atom. The summed E-state index contributed by atoms with van der Waals surface area (Å²) in [6.45, 7) is 7.22. The van der Waals surface area contributed by atoms with Crippen LogP contribution in [0.5, 0.6) is 0 Å². The molecule has 0 saturated carbocycles. The zero-order valence-electron chi connectivity index (χ0n) is 7.89. The van der Waals surface area contributed by atoms with Gasteiger partial charge in [0.25, 0.3) is 0 Å². The third-order valence-corrected chi connectivity index (χ3v) is 2.69. The van der Waals surface area contributed by atoms with Gasteiger partial charge in [-0.3, -0.25) is 4.90 Å². The van der Waals surface area contributed by atoms with E-state index in [9.17, 15) is 0 Å². The van der Waals surface area contributed by atoms with Gasteiger partial charge in [-0.2, -0.15) is 0 Å². The van der Waals surface area contributed by atoms with Gasteiger partial charge >= 0.3 is 0 Å². The Kier molecular flexibility index (Phi) is 2.90. The van der Waals surface area contributed by atoms with E-state index in [4.69, 9.17) is 4.74 Å². The monoisotopic (exact) mass is 157 g/mol. The molecule has 0 aromatic rings. The van der Waals surface area contributed by atoms with Crippen LogP contribution in [0, 0.1) is 0 Å². The summed E-state index contributed by atoms with van der Waals surface area (Å²) in [6, 6.07) is 0. The van der Waals surface area contributed by atoms with Crippen LogP contribution in [-0.4, -0.2) is 37.2 Å². The molecule has 0 amide bonds. The number of ether oxygens (including phenoxy) is 1. The molecule has 0 unspecified atom stereocenters. The standard InChI is InChI=1S/C7H13NO.C2H6/c1-8-4-2-3-7(8)5-9-6-7;1-2/h2-6H2,1H3;1-2H3. The lowest BCUT2D eigenvalue weighted by atomic mass is 9.95. The van der Waals surface area contributed by atoms with Gasteiger partial charge in [0, 0.05) is 0 Å². The van der Waals surface area contributed by atoms with Crippen LogP contribution in [0.1, 0.15) is 26.7 Å². The predicted octanol–water partition coefficient (Wildman–Crippen LogP) is 1.51. The smallest absolute Gasteiger partial charge is 0.0676 e. The van der Waals surface area contributed by atoms with Gasteiger partial charge in [0.2, 0.25) is 0 Å². The van der Waals surface area contributed by atoms with E-state index in [0.29, 0.717) is 5.54 Å². The molecule has 2 heterocycles. The Labute approximate surface area is 69.5 Å². The van der Waals surface area contributed by atoms with Crippen LogP contribution in [0.25, 0.3) is 0 Å². The first kappa shape index (κ1) is 9.01. The summed E-state index contributed by atoms with van der Waals surface area (Å²) in [6.07, 6.45) is 2.71. The Bertz CT molecular complexity index is 121. The second-order valence-corrected chi connectivity index (χ2v) is 3.24. The summed E-state index contributed by atoms with van der Waals surface area (Å²) >= 11 is 0. The van der Waals surface area contributed by atoms with Crippen molar-refractivity contribution in [2.24, 2.45) is 0 Å². The molecule has 1 spiro atoms. The fraction of sp³-hybridized carbons (Fsp3) is 1.00. The van der Waals surface area contributed by atoms with Gasteiger partial charge in [0.1, 0.15) is 0 Å². The van der Waals surface area contributed by atoms with E-state index < -0.39 is 0 Å². The van der Waals surface area contributed by atoms with Crippen molar-refractivity contribution < 1.29 is 4.74 Å². The highest BCUT2D eigenvalue weighted by Gasteiger charge is 2.44. The maximum absolute atomic E-state index is 5.19. The second-order valence-electron chi connectivity index (χ2n) is 3.24. The number of likely N-dealkylation sites (tertiary alicyclic amines) is 1. The highest BCUT2D eigenvalue weighted by molar-refractivity contribution is 4.99. The van der Waals surface area contributed by atoms with Gasteiger partial charge in [-0.05, 0) is 26.4 Å². The number of nitrogens with zero attached hydrogens (tertiary/aromatic N) is 1. The van der Waals surface area contributed by atoms with E-state index in [-0.39, 0.29) is 0 Å². The van der Waals surface area contributed by atoms with Gasteiger partial charge in [0.05, 0.1) is 18.8 Å². The van der Waals surface area contributed by atoms with Crippen molar-refractivity contribution in [3.05, 3.63) is 0 Å². The summed E-state index contributed by atoms with van der Waals surface area (Å²) < 4.78 is 5.19. The first-order valence-electron chi connectivity index (χ1n) is 4.63. The molecular weight excluding hydrogens is 138 g/mol. The highest BCUT2D eigenvalue weighted by Crippen LogP contribution is 2.33. The topological polar surface area (TPSA) is 12.5 Å². The molecule has 0 N–H and O–H groups in total. The molecule has 2 aliphatic heterocycles. The quantitative estimate of drug-likeness (QED) is 0.528. The molecule has 2 saturated heterocycles. The summed E-state index contributed by atoms with van der Waals surface area (Å²) in [7, 11) is 2.20. The number of hydrogen-bond acceptors (Lipinski definition) is 2. The number of likely N-dealkylation sites (N-methyl/N-ethyl adjacent to an activating group) is 1. The fourth-order valence-electron chi connectivity index (χ4n) is 1.78. The third-order valence-electron chi connectivity index (χ3n) is 2.69. The predicted molar refractivity (Wildman–Crippen MR) is 46.8 cm³/mol. The minimum atomic E-state index is 0.486. The van der Waals surface area contributed by atoms with Crippen LogP contribution in [0.15, 0.2) is 0 Å². The van der Waals surface area contributed by atoms with Gasteiger partial charge in [-0.25, -0.2) is 0 Å². The van der Waals surface area contributed by atoms with Crippen LogP contribution in [0.2, 0.25) is 0 Å². The Morgan fingerprint density at radius 3 is 2.09 bits per heavy atom. The minimum Gasteiger partial charge on any atom is -0.377 e. The second kappa shape index (κ2) is 3.55. The lowest BCUT2D eigenvalue weighted by molar-refractivity contribution is -0.114. The largest absolute Gasteiger partial charge is 0.377 e. The highest BCUT2D eigenvalue weighted by atomic mass is 16.5. The lowest BCUT2D eigenvalue weighted by Gasteiger charge is -2.43. The molecule has 2 nitrogen and oxygen atoms in total. The van der Waals surface area contributed by atoms with E-state index in [2.05, 4.69) is 11.9 Å². The average Bonchev–Trinajstić information content (AvgIpc) is 2.34. The van der Waals surface area contributed by atoms with E-state index in [1.165, 1.54) is 19.4 Å². The molecule has 2 aliphatic rings. The van der Waals surface area contributed by atoms with Crippen molar-refractivity contribution in [1.29, 1.82) is 0 Å². The third kappa shape index (κ3) is 1.42. The SMILES string of the molecule is CC.CN1CCCC12COC2. The van der Waals surface area contributed by atoms with E-state index >= 15 is 0 Å². The first-order valence-corrected chi connectivity index (χ1v) is 4.63. The van der Waals surface area contributed by atoms with Gasteiger partial charge < -0.3 is 4.74 Å². The zero-order chi connectivity index (χ0) is 8.32. The van der Waals surface area contributed by atoms with Crippen LogP contribution in [-0.2, 0) is 4.74 Å². The van der Waals surface area contributed by atoms with E-state index in [0.717, 1.165) is 13.2 Å². The summed E-state index contributed by atoms with van der Waals surface area (Å²) in [5, 5.41) is 0. The van der Waals surface area contributed by atoms with Crippen LogP contribution in [0.3, 0.4) is 0 Å². The maximum atomic E-state index is 5.19. The maximum Gasteiger partial charge on any atom is 0.0676 e. The molecule has 2 heteroatoms. The molecule has 0 aliphatic carbocycles. The number of rotatable bonds is 0. The lowest BCUT2D eigenvalue weighted by Crippen LogP contribution is -2.57. The van der Waals surface area contributed by atoms with Crippen molar-refractivity contribution in [2.45, 2.75) is 32.2 Å². The molecular formula is C9H19NO. The van der Waals surface area contributed by atoms with Crippen LogP contribution < -0.4 is 0 Å². The van der Waals surface area contributed by atoms with Crippen molar-refractivity contribution in [3.63, 3.8) is 0 Å². The van der Waals surface area contributed by atoms with E-state index in [1.54, 1.807) is 0 Å². The Hall–Kier alpha value is -0.0800. The minimum absolute atomic E-state index is 0.486. The summed E-state index contributed by atoms with van der Waals surface area (Å²) in [5.41, 5.74) is 0.486. The summed E-state index contributed by atoms with van der Waals surface area (Å²) in [5.74, 6) is 0. The van der Waals surface area contributed by atoms with E-state index in [1.807, 2.05) is 13.8 Å². The molecule has 2 rings (SSSR count). The fourth-order valence-corrected chi connectivity index (χ4v) is 1.78. The molecule has 0 aromatic heterocycles. The molecule has 0 aromatic carbocycles. The zero-order valence-corrected chi connectivity index (χ0v) is 7.89. The molecule has 2 fully saturated rings. The van der Waals surface area contributed by atoms with Crippen molar-refractivity contribution in [2.75, 3.05) is 26.8 Å².